The highest BCUT2D eigenvalue weighted by atomic mass is 28.4. The van der Waals surface area contributed by atoms with E-state index in [1.54, 1.807) is 12.1 Å². The third kappa shape index (κ3) is 5.28. The smallest absolute Gasteiger partial charge is 0.192 e. The molecular weight excluding hydrogens is 453 g/mol. The van der Waals surface area contributed by atoms with Gasteiger partial charge in [-0.25, -0.2) is 4.39 Å². The van der Waals surface area contributed by atoms with E-state index in [9.17, 15) is 9.50 Å². The summed E-state index contributed by atoms with van der Waals surface area (Å²) in [7, 11) is -2.03. The highest BCUT2D eigenvalue weighted by Crippen LogP contribution is 2.50. The number of rotatable bonds is 5. The average Bonchev–Trinajstić information content (AvgIpc) is 3.26. The second-order valence-corrected chi connectivity index (χ2v) is 18.0. The van der Waals surface area contributed by atoms with Crippen LogP contribution in [0.15, 0.2) is 24.3 Å². The minimum absolute atomic E-state index is 0.0288. The number of pyridine rings is 1. The minimum atomic E-state index is -2.03. The fraction of sp³-hybridized carbons (Fsp3) is 0.633. The van der Waals surface area contributed by atoms with Crippen molar-refractivity contribution in [2.24, 2.45) is 5.41 Å². The molecule has 2 aliphatic carbocycles. The van der Waals surface area contributed by atoms with Gasteiger partial charge in [0.1, 0.15) is 11.9 Å². The van der Waals surface area contributed by atoms with E-state index in [0.717, 1.165) is 48.2 Å². The van der Waals surface area contributed by atoms with Gasteiger partial charge >= 0.3 is 0 Å². The lowest BCUT2D eigenvalue weighted by molar-refractivity contribution is 0.105. The van der Waals surface area contributed by atoms with Crippen molar-refractivity contribution in [3.05, 3.63) is 63.7 Å². The highest BCUT2D eigenvalue weighted by Gasteiger charge is 2.44. The molecule has 2 aliphatic rings. The second kappa shape index (κ2) is 9.39. The summed E-state index contributed by atoms with van der Waals surface area (Å²) in [5.41, 5.74) is 6.25. The van der Waals surface area contributed by atoms with E-state index in [0.29, 0.717) is 11.5 Å². The van der Waals surface area contributed by atoms with E-state index in [-0.39, 0.29) is 22.4 Å². The Labute approximate surface area is 212 Å². The number of aromatic nitrogens is 1. The number of fused-ring (bicyclic) bond motifs is 1. The largest absolute Gasteiger partial charge is 0.410 e. The van der Waals surface area contributed by atoms with Crippen LogP contribution in [-0.2, 0) is 10.8 Å². The van der Waals surface area contributed by atoms with Crippen molar-refractivity contribution < 1.29 is 13.9 Å². The third-order valence-electron chi connectivity index (χ3n) is 8.80. The van der Waals surface area contributed by atoms with Crippen LogP contribution in [0.25, 0.3) is 0 Å². The molecule has 35 heavy (non-hydrogen) atoms. The zero-order chi connectivity index (χ0) is 25.8. The molecule has 0 radical (unpaired) electrons. The Morgan fingerprint density at radius 3 is 2.29 bits per heavy atom. The van der Waals surface area contributed by atoms with Gasteiger partial charge < -0.3 is 9.53 Å². The lowest BCUT2D eigenvalue weighted by Crippen LogP contribution is -2.44. The van der Waals surface area contributed by atoms with Crippen LogP contribution in [0, 0.1) is 18.2 Å². The summed E-state index contributed by atoms with van der Waals surface area (Å²) in [6.07, 6.45) is 5.65. The number of hydrogen-bond acceptors (Lipinski definition) is 3. The van der Waals surface area contributed by atoms with Crippen LogP contribution >= 0.6 is 0 Å². The summed E-state index contributed by atoms with van der Waals surface area (Å²) in [4.78, 5) is 5.36. The van der Waals surface area contributed by atoms with E-state index in [2.05, 4.69) is 54.6 Å². The van der Waals surface area contributed by atoms with E-state index < -0.39 is 14.4 Å². The number of halogens is 1. The van der Waals surface area contributed by atoms with Crippen LogP contribution in [0.2, 0.25) is 18.1 Å². The molecular formula is C30H44FNO2Si. The summed E-state index contributed by atoms with van der Waals surface area (Å²) in [6.45, 7) is 18.3. The molecule has 1 fully saturated rings. The van der Waals surface area contributed by atoms with Crippen molar-refractivity contribution in [2.75, 3.05) is 0 Å². The number of aliphatic hydroxyl groups is 1. The topological polar surface area (TPSA) is 42.4 Å². The maximum atomic E-state index is 13.7. The lowest BCUT2D eigenvalue weighted by atomic mass is 9.72. The number of aliphatic hydroxyl groups excluding tert-OH is 1. The molecule has 0 amide bonds. The standard InChI is InChI=1S/C30H44FNO2Si/c1-19-25-23(17-30(5,6)18-24(25)34-35(7,8)29(2,3)4)32-27(20-11-9-10-12-20)26(19)28(33)21-13-15-22(31)16-14-21/h13-16,20,24,28,33H,9-12,17-18H2,1-8H3. The molecule has 5 heteroatoms. The molecule has 1 aromatic heterocycles. The first-order valence-electron chi connectivity index (χ1n) is 13.3. The van der Waals surface area contributed by atoms with Crippen LogP contribution in [0.5, 0.6) is 0 Å². The molecule has 192 valence electrons. The molecule has 0 saturated heterocycles. The van der Waals surface area contributed by atoms with Gasteiger partial charge in [0.25, 0.3) is 0 Å². The average molecular weight is 498 g/mol. The predicted molar refractivity (Wildman–Crippen MR) is 144 cm³/mol. The van der Waals surface area contributed by atoms with Gasteiger partial charge in [0, 0.05) is 22.7 Å². The fourth-order valence-corrected chi connectivity index (χ4v) is 7.08. The van der Waals surface area contributed by atoms with Crippen molar-refractivity contribution in [3.63, 3.8) is 0 Å². The van der Waals surface area contributed by atoms with E-state index >= 15 is 0 Å². The zero-order valence-corrected chi connectivity index (χ0v) is 24.0. The van der Waals surface area contributed by atoms with Gasteiger partial charge in [-0.3, -0.25) is 4.98 Å². The Bertz CT molecular complexity index is 1070. The van der Waals surface area contributed by atoms with Crippen LogP contribution in [0.3, 0.4) is 0 Å². The van der Waals surface area contributed by atoms with Gasteiger partial charge in [0.05, 0.1) is 11.8 Å². The summed E-state index contributed by atoms with van der Waals surface area (Å²) < 4.78 is 20.7. The van der Waals surface area contributed by atoms with Crippen LogP contribution in [0.4, 0.5) is 4.39 Å². The van der Waals surface area contributed by atoms with Crippen LogP contribution in [0.1, 0.15) is 118 Å². The summed E-state index contributed by atoms with van der Waals surface area (Å²) >= 11 is 0. The van der Waals surface area contributed by atoms with Gasteiger partial charge in [-0.15, -0.1) is 0 Å². The molecule has 4 rings (SSSR count). The summed E-state index contributed by atoms with van der Waals surface area (Å²) in [5.74, 6) is 0.0798. The molecule has 0 bridgehead atoms. The first-order valence-corrected chi connectivity index (χ1v) is 16.3. The van der Waals surface area contributed by atoms with Crippen LogP contribution < -0.4 is 0 Å². The monoisotopic (exact) mass is 497 g/mol. The molecule has 2 atom stereocenters. The van der Waals surface area contributed by atoms with Gasteiger partial charge in [-0.1, -0.05) is 59.6 Å². The molecule has 1 aromatic carbocycles. The number of benzene rings is 1. The van der Waals surface area contributed by atoms with Crippen molar-refractivity contribution in [2.45, 2.75) is 116 Å². The molecule has 2 unspecified atom stereocenters. The van der Waals surface area contributed by atoms with E-state index in [4.69, 9.17) is 9.41 Å². The van der Waals surface area contributed by atoms with Crippen molar-refractivity contribution >= 4 is 8.32 Å². The Hall–Kier alpha value is -1.56. The first-order chi connectivity index (χ1) is 16.2. The highest BCUT2D eigenvalue weighted by molar-refractivity contribution is 6.74. The number of nitrogens with zero attached hydrogens (tertiary/aromatic N) is 1. The fourth-order valence-electron chi connectivity index (χ4n) is 5.81. The molecule has 0 aliphatic heterocycles. The maximum Gasteiger partial charge on any atom is 0.192 e. The van der Waals surface area contributed by atoms with Crippen LogP contribution in [-0.4, -0.2) is 18.4 Å². The Balaban J connectivity index is 1.89. The Morgan fingerprint density at radius 1 is 1.11 bits per heavy atom. The third-order valence-corrected chi connectivity index (χ3v) is 13.3. The Morgan fingerprint density at radius 2 is 1.71 bits per heavy atom. The van der Waals surface area contributed by atoms with E-state index in [1.807, 2.05) is 0 Å². The maximum absolute atomic E-state index is 13.7. The Kier molecular flexibility index (Phi) is 7.11. The van der Waals surface area contributed by atoms with Gasteiger partial charge in [0.15, 0.2) is 8.32 Å². The minimum Gasteiger partial charge on any atom is -0.410 e. The van der Waals surface area contributed by atoms with E-state index in [1.165, 1.54) is 30.5 Å². The lowest BCUT2D eigenvalue weighted by Gasteiger charge is -2.45. The molecule has 1 saturated carbocycles. The van der Waals surface area contributed by atoms with Gasteiger partial charge in [-0.2, -0.15) is 0 Å². The number of hydrogen-bond donors (Lipinski definition) is 1. The second-order valence-electron chi connectivity index (χ2n) is 13.2. The predicted octanol–water partition coefficient (Wildman–Crippen LogP) is 8.30. The normalized spacial score (nSPS) is 21.7. The summed E-state index contributed by atoms with van der Waals surface area (Å²) in [6, 6.07) is 6.26. The first kappa shape index (κ1) is 26.5. The summed E-state index contributed by atoms with van der Waals surface area (Å²) in [5, 5.41) is 11.8. The molecule has 3 nitrogen and oxygen atoms in total. The molecule has 0 spiro atoms. The molecule has 1 heterocycles. The van der Waals surface area contributed by atoms with Gasteiger partial charge in [0.2, 0.25) is 0 Å². The van der Waals surface area contributed by atoms with Crippen molar-refractivity contribution in [1.29, 1.82) is 0 Å². The van der Waals surface area contributed by atoms with Crippen molar-refractivity contribution in [3.8, 4) is 0 Å². The SMILES string of the molecule is Cc1c2c(nc(C3CCCC3)c1C(O)c1ccc(F)cc1)CC(C)(C)CC2O[Si](C)(C)C(C)(C)C. The molecule has 1 N–H and O–H groups in total. The zero-order valence-electron chi connectivity index (χ0n) is 23.0. The quantitative estimate of drug-likeness (QED) is 0.422. The van der Waals surface area contributed by atoms with Gasteiger partial charge in [-0.05, 0) is 79.4 Å². The molecule has 2 aromatic rings. The van der Waals surface area contributed by atoms with Crippen molar-refractivity contribution in [1.82, 2.24) is 4.98 Å².